The first kappa shape index (κ1) is 20.4. The molecule has 8 heteroatoms. The Morgan fingerprint density at radius 1 is 1.27 bits per heavy atom. The van der Waals surface area contributed by atoms with Gasteiger partial charge in [0, 0.05) is 25.3 Å². The van der Waals surface area contributed by atoms with Gasteiger partial charge in [-0.1, -0.05) is 29.5 Å². The number of carbonyl (C=O) groups is 1. The van der Waals surface area contributed by atoms with Crippen molar-refractivity contribution >= 4 is 22.4 Å². The predicted octanol–water partition coefficient (Wildman–Crippen LogP) is 3.58. The number of hydrogen-bond donors (Lipinski definition) is 1. The van der Waals surface area contributed by atoms with Gasteiger partial charge in [-0.05, 0) is 43.7 Å². The number of amides is 1. The Morgan fingerprint density at radius 2 is 2.07 bits per heavy atom. The highest BCUT2D eigenvalue weighted by Crippen LogP contribution is 2.30. The average Bonchev–Trinajstić information content (AvgIpc) is 3.31. The van der Waals surface area contributed by atoms with Crippen LogP contribution in [0.4, 0.5) is 9.52 Å². The third-order valence-electron chi connectivity index (χ3n) is 5.18. The molecule has 0 unspecified atom stereocenters. The minimum Gasteiger partial charge on any atom is -0.346 e. The van der Waals surface area contributed by atoms with Gasteiger partial charge >= 0.3 is 0 Å². The fraction of sp³-hybridized carbons (Fsp3) is 0.318. The summed E-state index contributed by atoms with van der Waals surface area (Å²) in [6, 6.07) is 12.6. The van der Waals surface area contributed by atoms with Crippen molar-refractivity contribution in [1.82, 2.24) is 20.2 Å². The lowest BCUT2D eigenvalue weighted by atomic mass is 10.2. The average molecular weight is 426 g/mol. The smallest absolute Gasteiger partial charge is 0.263 e. The van der Waals surface area contributed by atoms with Crippen molar-refractivity contribution in [2.45, 2.75) is 33.0 Å². The Kier molecular flexibility index (Phi) is 6.06. The molecule has 2 aromatic heterocycles. The summed E-state index contributed by atoms with van der Waals surface area (Å²) in [5.41, 5.74) is 2.63. The van der Waals surface area contributed by atoms with Crippen LogP contribution in [0.2, 0.25) is 0 Å². The summed E-state index contributed by atoms with van der Waals surface area (Å²) in [6.07, 6.45) is 1.71. The second-order valence-electron chi connectivity index (χ2n) is 7.50. The van der Waals surface area contributed by atoms with E-state index < -0.39 is 0 Å². The Hall–Kier alpha value is -2.84. The molecule has 6 nitrogen and oxygen atoms in total. The van der Waals surface area contributed by atoms with Crippen LogP contribution in [-0.4, -0.2) is 40.0 Å². The van der Waals surface area contributed by atoms with Crippen LogP contribution in [0.15, 0.2) is 48.7 Å². The van der Waals surface area contributed by atoms with E-state index in [1.807, 2.05) is 37.3 Å². The van der Waals surface area contributed by atoms with E-state index in [-0.39, 0.29) is 11.7 Å². The molecular formula is C22H24FN5OS. The Balaban J connectivity index is 1.40. The van der Waals surface area contributed by atoms with E-state index in [1.165, 1.54) is 23.5 Å². The van der Waals surface area contributed by atoms with Crippen molar-refractivity contribution in [2.75, 3.05) is 18.1 Å². The van der Waals surface area contributed by atoms with Crippen molar-refractivity contribution in [2.24, 2.45) is 0 Å². The molecule has 1 N–H and O–H groups in total. The van der Waals surface area contributed by atoms with Crippen LogP contribution < -0.4 is 10.2 Å². The van der Waals surface area contributed by atoms with Gasteiger partial charge in [-0.2, -0.15) is 0 Å². The minimum absolute atomic E-state index is 0.127. The molecule has 4 rings (SSSR count). The van der Waals surface area contributed by atoms with E-state index in [0.29, 0.717) is 17.5 Å². The van der Waals surface area contributed by atoms with E-state index in [9.17, 15) is 9.18 Å². The van der Waals surface area contributed by atoms with E-state index in [1.54, 1.807) is 6.20 Å². The number of rotatable bonds is 6. The van der Waals surface area contributed by atoms with Crippen molar-refractivity contribution in [3.8, 4) is 0 Å². The first-order valence-corrected chi connectivity index (χ1v) is 10.7. The molecule has 1 aliphatic rings. The second kappa shape index (κ2) is 8.89. The van der Waals surface area contributed by atoms with Crippen molar-refractivity contribution < 1.29 is 9.18 Å². The molecule has 3 aromatic rings. The van der Waals surface area contributed by atoms with E-state index >= 15 is 0 Å². The van der Waals surface area contributed by atoms with Crippen LogP contribution in [0.1, 0.15) is 33.5 Å². The van der Waals surface area contributed by atoms with Crippen LogP contribution in [0.25, 0.3) is 0 Å². The van der Waals surface area contributed by atoms with E-state index in [2.05, 4.69) is 32.0 Å². The standard InChI is InChI=1S/C22H24FN5OS/c1-15-12-28(14-27(15)13-17-6-8-18(23)9-7-17)22-26-16(2)20(30-22)21(29)25-11-19-5-3-4-10-24-19/h3-10,15H,11-14H2,1-2H3,(H,25,29)/t15-/m1/s1. The molecule has 0 bridgehead atoms. The highest BCUT2D eigenvalue weighted by molar-refractivity contribution is 7.17. The number of aromatic nitrogens is 2. The summed E-state index contributed by atoms with van der Waals surface area (Å²) in [7, 11) is 0. The van der Waals surface area contributed by atoms with Crippen LogP contribution in [0.5, 0.6) is 0 Å². The Labute approximate surface area is 179 Å². The summed E-state index contributed by atoms with van der Waals surface area (Å²) in [4.78, 5) is 26.7. The molecular weight excluding hydrogens is 401 g/mol. The molecule has 0 spiro atoms. The number of anilines is 1. The number of hydrogen-bond acceptors (Lipinski definition) is 6. The first-order chi connectivity index (χ1) is 14.5. The number of benzene rings is 1. The number of halogens is 1. The number of nitrogens with zero attached hydrogens (tertiary/aromatic N) is 4. The molecule has 1 atom stereocenters. The van der Waals surface area contributed by atoms with Crippen LogP contribution >= 0.6 is 11.3 Å². The van der Waals surface area contributed by atoms with Crippen LogP contribution in [0, 0.1) is 12.7 Å². The number of thiazole rings is 1. The fourth-order valence-corrected chi connectivity index (χ4v) is 4.49. The summed E-state index contributed by atoms with van der Waals surface area (Å²) < 4.78 is 13.2. The number of aryl methyl sites for hydroxylation is 1. The van der Waals surface area contributed by atoms with E-state index in [0.717, 1.165) is 41.8 Å². The zero-order valence-corrected chi connectivity index (χ0v) is 17.8. The van der Waals surface area contributed by atoms with Crippen molar-refractivity contribution in [3.05, 3.63) is 76.3 Å². The Morgan fingerprint density at radius 3 is 2.80 bits per heavy atom. The molecule has 1 amide bonds. The minimum atomic E-state index is -0.220. The topological polar surface area (TPSA) is 61.4 Å². The van der Waals surface area contributed by atoms with Gasteiger partial charge in [0.2, 0.25) is 0 Å². The predicted molar refractivity (Wildman–Crippen MR) is 116 cm³/mol. The lowest BCUT2D eigenvalue weighted by molar-refractivity contribution is 0.0953. The largest absolute Gasteiger partial charge is 0.346 e. The van der Waals surface area contributed by atoms with Gasteiger partial charge in [0.05, 0.1) is 24.6 Å². The quantitative estimate of drug-likeness (QED) is 0.654. The molecule has 0 radical (unpaired) electrons. The van der Waals surface area contributed by atoms with Crippen molar-refractivity contribution in [1.29, 1.82) is 0 Å². The number of nitrogens with one attached hydrogen (secondary N) is 1. The van der Waals surface area contributed by atoms with Gasteiger partial charge in [-0.15, -0.1) is 0 Å². The van der Waals surface area contributed by atoms with Gasteiger partial charge in [0.15, 0.2) is 5.13 Å². The highest BCUT2D eigenvalue weighted by atomic mass is 32.1. The fourth-order valence-electron chi connectivity index (χ4n) is 3.50. The van der Waals surface area contributed by atoms with E-state index in [4.69, 9.17) is 0 Å². The molecule has 3 heterocycles. The molecule has 1 aliphatic heterocycles. The molecule has 0 saturated carbocycles. The summed E-state index contributed by atoms with van der Waals surface area (Å²) in [6.45, 7) is 6.73. The number of carbonyl (C=O) groups excluding carboxylic acids is 1. The lowest BCUT2D eigenvalue weighted by Gasteiger charge is -2.20. The second-order valence-corrected chi connectivity index (χ2v) is 8.48. The van der Waals surface area contributed by atoms with Gasteiger partial charge in [0.1, 0.15) is 10.7 Å². The third kappa shape index (κ3) is 4.66. The maximum absolute atomic E-state index is 13.2. The molecule has 0 aliphatic carbocycles. The molecule has 1 aromatic carbocycles. The lowest BCUT2D eigenvalue weighted by Crippen LogP contribution is -2.28. The summed E-state index contributed by atoms with van der Waals surface area (Å²) in [5, 5.41) is 3.78. The third-order valence-corrected chi connectivity index (χ3v) is 6.39. The van der Waals surface area contributed by atoms with Gasteiger partial charge in [-0.3, -0.25) is 14.7 Å². The van der Waals surface area contributed by atoms with Crippen molar-refractivity contribution in [3.63, 3.8) is 0 Å². The van der Waals surface area contributed by atoms with Gasteiger partial charge < -0.3 is 10.2 Å². The van der Waals surface area contributed by atoms with Crippen LogP contribution in [-0.2, 0) is 13.1 Å². The molecule has 1 saturated heterocycles. The zero-order valence-electron chi connectivity index (χ0n) is 17.0. The summed E-state index contributed by atoms with van der Waals surface area (Å²) in [5.74, 6) is -0.348. The normalized spacial score (nSPS) is 16.8. The number of pyridine rings is 1. The van der Waals surface area contributed by atoms with Crippen LogP contribution in [0.3, 0.4) is 0 Å². The monoisotopic (exact) mass is 425 g/mol. The summed E-state index contributed by atoms with van der Waals surface area (Å²) >= 11 is 1.42. The molecule has 30 heavy (non-hydrogen) atoms. The maximum Gasteiger partial charge on any atom is 0.263 e. The van der Waals surface area contributed by atoms with Gasteiger partial charge in [-0.25, -0.2) is 9.37 Å². The first-order valence-electron chi connectivity index (χ1n) is 9.88. The van der Waals surface area contributed by atoms with Gasteiger partial charge in [0.25, 0.3) is 5.91 Å². The SMILES string of the molecule is Cc1nc(N2C[C@@H](C)N(Cc3ccc(F)cc3)C2)sc1C(=O)NCc1ccccn1. The molecule has 156 valence electrons. The molecule has 1 fully saturated rings. The highest BCUT2D eigenvalue weighted by Gasteiger charge is 2.30. The zero-order chi connectivity index (χ0) is 21.1. The Bertz CT molecular complexity index is 1010. The maximum atomic E-state index is 13.2.